The summed E-state index contributed by atoms with van der Waals surface area (Å²) in [5, 5.41) is 0. The molecule has 1 aliphatic heterocycles. The van der Waals surface area contributed by atoms with E-state index in [9.17, 15) is 4.79 Å². The van der Waals surface area contributed by atoms with Crippen LogP contribution >= 0.6 is 0 Å². The Balaban J connectivity index is 1.90. The fourth-order valence-corrected chi connectivity index (χ4v) is 2.63. The van der Waals surface area contributed by atoms with Gasteiger partial charge in [-0.25, -0.2) is 5.84 Å². The van der Waals surface area contributed by atoms with Gasteiger partial charge in [-0.05, 0) is 26.0 Å². The molecule has 1 aromatic heterocycles. The fourth-order valence-electron chi connectivity index (χ4n) is 2.63. The predicted molar refractivity (Wildman–Crippen MR) is 77.1 cm³/mol. The predicted octanol–water partition coefficient (Wildman–Crippen LogP) is 0.719. The van der Waals surface area contributed by atoms with Crippen molar-refractivity contribution in [3.63, 3.8) is 0 Å². The van der Waals surface area contributed by atoms with Crippen LogP contribution in [0.25, 0.3) is 0 Å². The van der Waals surface area contributed by atoms with E-state index in [0.29, 0.717) is 11.3 Å². The number of carbonyl (C=O) groups excluding carboxylic acids is 1. The van der Waals surface area contributed by atoms with Crippen LogP contribution in [0.15, 0.2) is 10.5 Å². The van der Waals surface area contributed by atoms with E-state index < -0.39 is 0 Å². The molecule has 0 atom stereocenters. The van der Waals surface area contributed by atoms with Crippen molar-refractivity contribution in [3.8, 4) is 0 Å². The molecule has 3 N–H and O–H groups in total. The van der Waals surface area contributed by atoms with Crippen molar-refractivity contribution in [1.82, 2.24) is 15.2 Å². The van der Waals surface area contributed by atoms with Crippen molar-refractivity contribution in [2.45, 2.75) is 26.8 Å². The van der Waals surface area contributed by atoms with Crippen LogP contribution in [0, 0.1) is 6.92 Å². The van der Waals surface area contributed by atoms with Crippen LogP contribution in [0.2, 0.25) is 0 Å². The molecule has 0 saturated carbocycles. The first kappa shape index (κ1) is 15.0. The van der Waals surface area contributed by atoms with Crippen molar-refractivity contribution in [3.05, 3.63) is 23.2 Å². The van der Waals surface area contributed by atoms with Gasteiger partial charge in [0, 0.05) is 26.2 Å². The van der Waals surface area contributed by atoms with Crippen LogP contribution in [0.1, 0.15) is 35.2 Å². The number of aryl methyl sites for hydroxylation is 1. The van der Waals surface area contributed by atoms with Crippen molar-refractivity contribution in [1.29, 1.82) is 0 Å². The van der Waals surface area contributed by atoms with E-state index in [-0.39, 0.29) is 5.91 Å². The van der Waals surface area contributed by atoms with E-state index in [1.807, 2.05) is 0 Å². The van der Waals surface area contributed by atoms with E-state index in [4.69, 9.17) is 10.3 Å². The van der Waals surface area contributed by atoms with Gasteiger partial charge in [-0.2, -0.15) is 0 Å². The normalized spacial score (nSPS) is 17.4. The number of rotatable bonds is 5. The van der Waals surface area contributed by atoms with Crippen molar-refractivity contribution in [2.75, 3.05) is 32.7 Å². The molecule has 0 radical (unpaired) electrons. The molecule has 0 aliphatic carbocycles. The molecule has 0 unspecified atom stereocenters. The molecule has 2 rings (SSSR count). The first-order valence-electron chi connectivity index (χ1n) is 7.19. The number of hydrazine groups is 1. The zero-order valence-corrected chi connectivity index (χ0v) is 12.3. The van der Waals surface area contributed by atoms with E-state index in [1.54, 1.807) is 13.0 Å². The monoisotopic (exact) mass is 280 g/mol. The Morgan fingerprint density at radius 3 is 2.60 bits per heavy atom. The second-order valence-electron chi connectivity index (χ2n) is 5.27. The van der Waals surface area contributed by atoms with Crippen molar-refractivity contribution >= 4 is 5.91 Å². The Labute approximate surface area is 119 Å². The zero-order chi connectivity index (χ0) is 14.5. The second kappa shape index (κ2) is 6.88. The number of amides is 1. The average Bonchev–Trinajstić information content (AvgIpc) is 2.81. The maximum absolute atomic E-state index is 11.5. The lowest BCUT2D eigenvalue weighted by Gasteiger charge is -2.33. The van der Waals surface area contributed by atoms with Crippen LogP contribution < -0.4 is 11.3 Å². The van der Waals surface area contributed by atoms with Crippen molar-refractivity contribution < 1.29 is 9.21 Å². The highest BCUT2D eigenvalue weighted by atomic mass is 16.3. The van der Waals surface area contributed by atoms with Gasteiger partial charge in [-0.3, -0.25) is 15.1 Å². The molecule has 1 fully saturated rings. The summed E-state index contributed by atoms with van der Waals surface area (Å²) < 4.78 is 5.64. The number of hydrogen-bond acceptors (Lipinski definition) is 5. The van der Waals surface area contributed by atoms with Gasteiger partial charge in [-0.1, -0.05) is 6.92 Å². The van der Waals surface area contributed by atoms with Crippen LogP contribution in [0.3, 0.4) is 0 Å². The van der Waals surface area contributed by atoms with Gasteiger partial charge < -0.3 is 9.32 Å². The van der Waals surface area contributed by atoms with Crippen LogP contribution in [-0.2, 0) is 6.54 Å². The number of furan rings is 1. The Bertz CT molecular complexity index is 450. The van der Waals surface area contributed by atoms with E-state index in [1.165, 1.54) is 13.0 Å². The Morgan fingerprint density at radius 2 is 2.00 bits per heavy atom. The highest BCUT2D eigenvalue weighted by Gasteiger charge is 2.19. The molecule has 0 aromatic carbocycles. The number of carbonyl (C=O) groups is 1. The summed E-state index contributed by atoms with van der Waals surface area (Å²) in [5.74, 6) is 6.29. The van der Waals surface area contributed by atoms with Gasteiger partial charge in [0.2, 0.25) is 0 Å². The molecular weight excluding hydrogens is 256 g/mol. The molecule has 0 spiro atoms. The average molecular weight is 280 g/mol. The van der Waals surface area contributed by atoms with Gasteiger partial charge >= 0.3 is 0 Å². The number of piperazine rings is 1. The van der Waals surface area contributed by atoms with Crippen LogP contribution in [0.4, 0.5) is 0 Å². The summed E-state index contributed by atoms with van der Waals surface area (Å²) in [4.78, 5) is 16.4. The summed E-state index contributed by atoms with van der Waals surface area (Å²) in [6.07, 6.45) is 1.20. The quantitative estimate of drug-likeness (QED) is 0.472. The largest absolute Gasteiger partial charge is 0.464 e. The Hall–Kier alpha value is -1.37. The minimum absolute atomic E-state index is 0.301. The molecular formula is C14H24N4O2. The summed E-state index contributed by atoms with van der Waals surface area (Å²) in [5.41, 5.74) is 2.66. The summed E-state index contributed by atoms with van der Waals surface area (Å²) in [6, 6.07) is 1.79. The minimum Gasteiger partial charge on any atom is -0.464 e. The Morgan fingerprint density at radius 1 is 1.35 bits per heavy atom. The van der Waals surface area contributed by atoms with Crippen LogP contribution in [0.5, 0.6) is 0 Å². The number of nitrogens with two attached hydrogens (primary N) is 1. The van der Waals surface area contributed by atoms with Gasteiger partial charge in [0.1, 0.15) is 11.5 Å². The highest BCUT2D eigenvalue weighted by molar-refractivity contribution is 5.94. The first-order valence-corrected chi connectivity index (χ1v) is 7.19. The third-order valence-corrected chi connectivity index (χ3v) is 3.73. The minimum atomic E-state index is -0.301. The summed E-state index contributed by atoms with van der Waals surface area (Å²) in [7, 11) is 0. The third kappa shape index (κ3) is 3.59. The van der Waals surface area contributed by atoms with E-state index in [2.05, 4.69) is 22.1 Å². The molecule has 1 aliphatic rings. The number of hydrogen-bond donors (Lipinski definition) is 2. The lowest BCUT2D eigenvalue weighted by Crippen LogP contribution is -2.45. The van der Waals surface area contributed by atoms with E-state index >= 15 is 0 Å². The molecule has 1 amide bonds. The highest BCUT2D eigenvalue weighted by Crippen LogP contribution is 2.17. The molecule has 6 nitrogen and oxygen atoms in total. The summed E-state index contributed by atoms with van der Waals surface area (Å²) >= 11 is 0. The number of nitrogens with zero attached hydrogens (tertiary/aromatic N) is 2. The smallest absolute Gasteiger partial charge is 0.268 e. The third-order valence-electron chi connectivity index (χ3n) is 3.73. The lowest BCUT2D eigenvalue weighted by molar-refractivity contribution is 0.0952. The standard InChI is InChI=1S/C14H24N4O2/c1-3-4-17-5-7-18(8-6-17)10-12-9-13(11(2)20-12)14(19)16-15/h9H,3-8,10,15H2,1-2H3,(H,16,19). The molecule has 1 saturated heterocycles. The molecule has 112 valence electrons. The molecule has 1 aromatic rings. The van der Waals surface area contributed by atoms with Gasteiger partial charge in [0.15, 0.2) is 0 Å². The molecule has 20 heavy (non-hydrogen) atoms. The molecule has 0 bridgehead atoms. The molecule has 2 heterocycles. The zero-order valence-electron chi connectivity index (χ0n) is 12.3. The molecule has 6 heteroatoms. The topological polar surface area (TPSA) is 74.7 Å². The second-order valence-corrected chi connectivity index (χ2v) is 5.27. The van der Waals surface area contributed by atoms with E-state index in [0.717, 1.165) is 38.5 Å². The maximum atomic E-state index is 11.5. The first-order chi connectivity index (χ1) is 9.63. The van der Waals surface area contributed by atoms with Gasteiger partial charge in [-0.15, -0.1) is 0 Å². The lowest BCUT2D eigenvalue weighted by atomic mass is 10.2. The van der Waals surface area contributed by atoms with Crippen LogP contribution in [-0.4, -0.2) is 48.4 Å². The van der Waals surface area contributed by atoms with Gasteiger partial charge in [0.05, 0.1) is 12.1 Å². The fraction of sp³-hybridized carbons (Fsp3) is 0.643. The summed E-state index contributed by atoms with van der Waals surface area (Å²) in [6.45, 7) is 10.2. The van der Waals surface area contributed by atoms with Gasteiger partial charge in [0.25, 0.3) is 5.91 Å². The maximum Gasteiger partial charge on any atom is 0.268 e. The Kier molecular flexibility index (Phi) is 5.17. The SMILES string of the molecule is CCCN1CCN(Cc2cc(C(=O)NN)c(C)o2)CC1. The number of nitrogen functional groups attached to an aromatic ring is 1. The van der Waals surface area contributed by atoms with Crippen molar-refractivity contribution in [2.24, 2.45) is 5.84 Å². The number of nitrogens with one attached hydrogen (secondary N) is 1.